The highest BCUT2D eigenvalue weighted by Gasteiger charge is 2.13. The molecule has 0 aliphatic carbocycles. The topological polar surface area (TPSA) is 56.3 Å². The number of aromatic nitrogens is 2. The normalized spacial score (nSPS) is 11.8. The van der Waals surface area contributed by atoms with E-state index in [-0.39, 0.29) is 6.04 Å². The summed E-state index contributed by atoms with van der Waals surface area (Å²) >= 11 is 6.08. The molecule has 106 valence electrons. The molecule has 1 aromatic carbocycles. The molecule has 0 amide bonds. The van der Waals surface area contributed by atoms with E-state index in [0.717, 1.165) is 11.4 Å². The first kappa shape index (κ1) is 14.4. The van der Waals surface area contributed by atoms with Crippen LogP contribution in [0.2, 0.25) is 5.02 Å². The monoisotopic (exact) mass is 293 g/mol. The van der Waals surface area contributed by atoms with Gasteiger partial charge in [0.05, 0.1) is 42.9 Å². The van der Waals surface area contributed by atoms with Crippen LogP contribution in [0, 0.1) is 0 Å². The second-order valence-electron chi connectivity index (χ2n) is 4.18. The molecule has 6 heteroatoms. The maximum atomic E-state index is 6.08. The molecule has 0 radical (unpaired) electrons. The predicted molar refractivity (Wildman–Crippen MR) is 78.6 cm³/mol. The molecule has 0 bridgehead atoms. The zero-order chi connectivity index (χ0) is 14.5. The molecule has 20 heavy (non-hydrogen) atoms. The van der Waals surface area contributed by atoms with Crippen molar-refractivity contribution in [2.24, 2.45) is 0 Å². The van der Waals surface area contributed by atoms with Gasteiger partial charge in [0, 0.05) is 24.5 Å². The molecule has 0 aliphatic heterocycles. The predicted octanol–water partition coefficient (Wildman–Crippen LogP) is 3.32. The molecule has 2 rings (SSSR count). The number of anilines is 1. The summed E-state index contributed by atoms with van der Waals surface area (Å²) in [6, 6.07) is 3.49. The van der Waals surface area contributed by atoms with Gasteiger partial charge in [-0.3, -0.25) is 9.97 Å². The first-order valence-corrected chi connectivity index (χ1v) is 6.47. The van der Waals surface area contributed by atoms with Gasteiger partial charge in [-0.05, 0) is 6.92 Å². The van der Waals surface area contributed by atoms with Gasteiger partial charge in [0.2, 0.25) is 0 Å². The molecule has 5 nitrogen and oxygen atoms in total. The molecular weight excluding hydrogens is 278 g/mol. The fourth-order valence-corrected chi connectivity index (χ4v) is 2.05. The lowest BCUT2D eigenvalue weighted by molar-refractivity contribution is 0.404. The van der Waals surface area contributed by atoms with Crippen molar-refractivity contribution < 1.29 is 9.47 Å². The Morgan fingerprint density at radius 2 is 1.90 bits per heavy atom. The number of halogens is 1. The molecule has 1 aromatic heterocycles. The summed E-state index contributed by atoms with van der Waals surface area (Å²) in [5, 5.41) is 3.82. The van der Waals surface area contributed by atoms with Crippen molar-refractivity contribution >= 4 is 17.3 Å². The van der Waals surface area contributed by atoms with Gasteiger partial charge in [-0.25, -0.2) is 0 Å². The summed E-state index contributed by atoms with van der Waals surface area (Å²) in [5.41, 5.74) is 1.62. The van der Waals surface area contributed by atoms with Gasteiger partial charge in [0.15, 0.2) is 0 Å². The maximum absolute atomic E-state index is 6.08. The van der Waals surface area contributed by atoms with Crippen LogP contribution in [-0.2, 0) is 0 Å². The van der Waals surface area contributed by atoms with E-state index in [9.17, 15) is 0 Å². The number of hydrogen-bond donors (Lipinski definition) is 1. The average molecular weight is 294 g/mol. The summed E-state index contributed by atoms with van der Waals surface area (Å²) in [6.45, 7) is 1.99. The Bertz CT molecular complexity index is 578. The summed E-state index contributed by atoms with van der Waals surface area (Å²) in [7, 11) is 3.17. The van der Waals surface area contributed by atoms with Crippen LogP contribution >= 0.6 is 11.6 Å². The molecule has 0 fully saturated rings. The summed E-state index contributed by atoms with van der Waals surface area (Å²) in [5.74, 6) is 1.23. The van der Waals surface area contributed by atoms with Crippen molar-refractivity contribution in [1.82, 2.24) is 9.97 Å². The van der Waals surface area contributed by atoms with Crippen molar-refractivity contribution in [3.8, 4) is 11.5 Å². The van der Waals surface area contributed by atoms with E-state index in [4.69, 9.17) is 21.1 Å². The van der Waals surface area contributed by atoms with Crippen molar-refractivity contribution in [3.63, 3.8) is 0 Å². The fourth-order valence-electron chi connectivity index (χ4n) is 1.81. The summed E-state index contributed by atoms with van der Waals surface area (Å²) in [6.07, 6.45) is 5.02. The minimum Gasteiger partial charge on any atom is -0.495 e. The number of nitrogens with one attached hydrogen (secondary N) is 1. The first-order chi connectivity index (χ1) is 9.65. The van der Waals surface area contributed by atoms with Crippen molar-refractivity contribution in [3.05, 3.63) is 41.4 Å². The molecule has 0 spiro atoms. The third-order valence-corrected chi connectivity index (χ3v) is 3.17. The lowest BCUT2D eigenvalue weighted by Crippen LogP contribution is -2.09. The van der Waals surface area contributed by atoms with Gasteiger partial charge in [-0.1, -0.05) is 11.6 Å². The SMILES string of the molecule is COc1cc(NC(C)c2cnccn2)c(OC)cc1Cl. The lowest BCUT2D eigenvalue weighted by atomic mass is 10.2. The van der Waals surface area contributed by atoms with Crippen LogP contribution in [0.25, 0.3) is 0 Å². The van der Waals surface area contributed by atoms with Gasteiger partial charge in [-0.2, -0.15) is 0 Å². The van der Waals surface area contributed by atoms with E-state index in [1.807, 2.05) is 6.92 Å². The van der Waals surface area contributed by atoms with Crippen molar-refractivity contribution in [2.75, 3.05) is 19.5 Å². The van der Waals surface area contributed by atoms with Crippen LogP contribution in [0.5, 0.6) is 11.5 Å². The van der Waals surface area contributed by atoms with Crippen LogP contribution in [0.1, 0.15) is 18.7 Å². The zero-order valence-electron chi connectivity index (χ0n) is 11.6. The van der Waals surface area contributed by atoms with Crippen molar-refractivity contribution in [1.29, 1.82) is 0 Å². The van der Waals surface area contributed by atoms with Crippen LogP contribution in [0.3, 0.4) is 0 Å². The lowest BCUT2D eigenvalue weighted by Gasteiger charge is -2.18. The van der Waals surface area contributed by atoms with E-state index >= 15 is 0 Å². The molecular formula is C14H16ClN3O2. The summed E-state index contributed by atoms with van der Waals surface area (Å²) < 4.78 is 10.5. The maximum Gasteiger partial charge on any atom is 0.143 e. The Kier molecular flexibility index (Phi) is 4.63. The Labute approximate surface area is 122 Å². The molecule has 0 saturated heterocycles. The van der Waals surface area contributed by atoms with E-state index in [1.54, 1.807) is 44.9 Å². The number of hydrogen-bond acceptors (Lipinski definition) is 5. The van der Waals surface area contributed by atoms with Gasteiger partial charge in [-0.15, -0.1) is 0 Å². The Hall–Kier alpha value is -2.01. The second kappa shape index (κ2) is 6.43. The van der Waals surface area contributed by atoms with Crippen LogP contribution < -0.4 is 14.8 Å². The van der Waals surface area contributed by atoms with Gasteiger partial charge in [0.25, 0.3) is 0 Å². The zero-order valence-corrected chi connectivity index (χ0v) is 12.3. The van der Waals surface area contributed by atoms with Crippen molar-refractivity contribution in [2.45, 2.75) is 13.0 Å². The molecule has 1 heterocycles. The Morgan fingerprint density at radius 1 is 1.15 bits per heavy atom. The highest BCUT2D eigenvalue weighted by molar-refractivity contribution is 6.32. The minimum atomic E-state index is -0.0246. The molecule has 1 N–H and O–H groups in total. The number of methoxy groups -OCH3 is 2. The second-order valence-corrected chi connectivity index (χ2v) is 4.59. The summed E-state index contributed by atoms with van der Waals surface area (Å²) in [4.78, 5) is 8.33. The fraction of sp³-hybridized carbons (Fsp3) is 0.286. The Balaban J connectivity index is 2.28. The third-order valence-electron chi connectivity index (χ3n) is 2.87. The quantitative estimate of drug-likeness (QED) is 0.916. The van der Waals surface area contributed by atoms with E-state index in [0.29, 0.717) is 16.5 Å². The van der Waals surface area contributed by atoms with Crippen LogP contribution in [-0.4, -0.2) is 24.2 Å². The standard InChI is InChI=1S/C14H16ClN3O2/c1-9(12-8-16-4-5-17-12)18-11-7-13(19-2)10(15)6-14(11)20-3/h4-9,18H,1-3H3. The number of ether oxygens (including phenoxy) is 2. The van der Waals surface area contributed by atoms with Gasteiger partial charge < -0.3 is 14.8 Å². The van der Waals surface area contributed by atoms with Gasteiger partial charge >= 0.3 is 0 Å². The number of benzene rings is 1. The molecule has 2 aromatic rings. The van der Waals surface area contributed by atoms with E-state index in [2.05, 4.69) is 15.3 Å². The van der Waals surface area contributed by atoms with Gasteiger partial charge in [0.1, 0.15) is 11.5 Å². The first-order valence-electron chi connectivity index (χ1n) is 6.09. The molecule has 0 saturated carbocycles. The third kappa shape index (κ3) is 3.11. The largest absolute Gasteiger partial charge is 0.495 e. The smallest absolute Gasteiger partial charge is 0.143 e. The highest BCUT2D eigenvalue weighted by atomic mass is 35.5. The molecule has 0 aliphatic rings. The molecule has 1 unspecified atom stereocenters. The number of rotatable bonds is 5. The average Bonchev–Trinajstić information content (AvgIpc) is 2.49. The van der Waals surface area contributed by atoms with Crippen LogP contribution in [0.4, 0.5) is 5.69 Å². The minimum absolute atomic E-state index is 0.0246. The van der Waals surface area contributed by atoms with Crippen LogP contribution in [0.15, 0.2) is 30.7 Å². The van der Waals surface area contributed by atoms with E-state index < -0.39 is 0 Å². The number of nitrogens with zero attached hydrogens (tertiary/aromatic N) is 2. The Morgan fingerprint density at radius 3 is 2.50 bits per heavy atom. The highest BCUT2D eigenvalue weighted by Crippen LogP contribution is 2.37. The van der Waals surface area contributed by atoms with E-state index in [1.165, 1.54) is 0 Å². The molecule has 1 atom stereocenters.